The first-order valence-corrected chi connectivity index (χ1v) is 11.0. The fraction of sp³-hybridized carbons (Fsp3) is 0.0870. The molecule has 0 aliphatic rings. The highest BCUT2D eigenvalue weighted by atomic mass is 32.2. The molecule has 0 amide bonds. The van der Waals surface area contributed by atoms with Gasteiger partial charge < -0.3 is 4.74 Å². The molecule has 0 saturated heterocycles. The van der Waals surface area contributed by atoms with Crippen molar-refractivity contribution >= 4 is 16.0 Å². The Hall–Kier alpha value is -3.78. The zero-order valence-corrected chi connectivity index (χ0v) is 17.5. The minimum Gasteiger partial charge on any atom is -0.456 e. The van der Waals surface area contributed by atoms with Gasteiger partial charge in [0.2, 0.25) is 0 Å². The second-order valence-electron chi connectivity index (χ2n) is 6.88. The average Bonchev–Trinajstić information content (AvgIpc) is 3.25. The molecule has 0 N–H and O–H groups in total. The fourth-order valence-corrected chi connectivity index (χ4v) is 4.26. The maximum absolute atomic E-state index is 13.3. The van der Waals surface area contributed by atoms with Crippen LogP contribution in [0.1, 0.15) is 21.6 Å². The van der Waals surface area contributed by atoms with Crippen LogP contribution in [-0.2, 0) is 21.4 Å². The monoisotopic (exact) mass is 433 g/mol. The number of carbonyl (C=O) groups excluding carboxylic acids is 1. The molecule has 8 heteroatoms. The van der Waals surface area contributed by atoms with E-state index in [2.05, 4.69) is 10.3 Å². The van der Waals surface area contributed by atoms with E-state index in [4.69, 9.17) is 4.74 Å². The van der Waals surface area contributed by atoms with E-state index in [1.165, 1.54) is 12.1 Å². The Balaban J connectivity index is 1.76. The van der Waals surface area contributed by atoms with Gasteiger partial charge in [0.15, 0.2) is 5.69 Å². The molecule has 4 aromatic rings. The lowest BCUT2D eigenvalue weighted by Crippen LogP contribution is -2.17. The van der Waals surface area contributed by atoms with Gasteiger partial charge in [-0.25, -0.2) is 4.79 Å². The third-order valence-corrected chi connectivity index (χ3v) is 6.22. The van der Waals surface area contributed by atoms with Gasteiger partial charge in [0.25, 0.3) is 10.0 Å². The van der Waals surface area contributed by atoms with Crippen molar-refractivity contribution in [1.29, 1.82) is 0 Å². The topological polar surface area (TPSA) is 91.1 Å². The first-order chi connectivity index (χ1) is 15.0. The molecule has 0 atom stereocenters. The van der Waals surface area contributed by atoms with Gasteiger partial charge in [-0.1, -0.05) is 83.6 Å². The molecule has 0 radical (unpaired) electrons. The molecule has 0 fully saturated rings. The Kier molecular flexibility index (Phi) is 5.64. The molecule has 1 aromatic heterocycles. The molecule has 7 nitrogen and oxygen atoms in total. The van der Waals surface area contributed by atoms with Crippen LogP contribution in [0.25, 0.3) is 11.3 Å². The summed E-state index contributed by atoms with van der Waals surface area (Å²) in [7, 11) is -4.08. The largest absolute Gasteiger partial charge is 0.456 e. The normalized spacial score (nSPS) is 11.3. The molecule has 0 aliphatic carbocycles. The van der Waals surface area contributed by atoms with Gasteiger partial charge in [-0.15, -0.1) is 9.19 Å². The fourth-order valence-electron chi connectivity index (χ4n) is 3.02. The Morgan fingerprint density at radius 1 is 0.903 bits per heavy atom. The molecule has 3 aromatic carbocycles. The van der Waals surface area contributed by atoms with Crippen molar-refractivity contribution in [2.75, 3.05) is 0 Å². The number of aromatic nitrogens is 3. The number of rotatable bonds is 6. The number of ether oxygens (including phenoxy) is 1. The van der Waals surface area contributed by atoms with Crippen LogP contribution < -0.4 is 0 Å². The number of benzene rings is 3. The molecule has 0 spiro atoms. The molecule has 0 unspecified atom stereocenters. The molecule has 31 heavy (non-hydrogen) atoms. The first-order valence-electron chi connectivity index (χ1n) is 9.51. The van der Waals surface area contributed by atoms with E-state index >= 15 is 0 Å². The summed E-state index contributed by atoms with van der Waals surface area (Å²) in [4.78, 5) is 12.8. The molecule has 156 valence electrons. The quantitative estimate of drug-likeness (QED) is 0.429. The zero-order valence-electron chi connectivity index (χ0n) is 16.7. The number of nitrogens with zero attached hydrogens (tertiary/aromatic N) is 3. The standard InChI is InChI=1S/C23H19N3O4S/c1-17-12-14-20(15-13-17)31(28,29)26-22(19-10-6-3-7-11-19)21(24-25-26)23(27)30-16-18-8-4-2-5-9-18/h2-15H,16H2,1H3. The second kappa shape index (κ2) is 8.53. The Morgan fingerprint density at radius 2 is 1.52 bits per heavy atom. The molecule has 0 bridgehead atoms. The van der Waals surface area contributed by atoms with E-state index in [1.54, 1.807) is 42.5 Å². The van der Waals surface area contributed by atoms with Gasteiger partial charge in [-0.3, -0.25) is 0 Å². The van der Waals surface area contributed by atoms with Crippen LogP contribution in [0.3, 0.4) is 0 Å². The van der Waals surface area contributed by atoms with Crippen LogP contribution in [0.2, 0.25) is 0 Å². The predicted octanol–water partition coefficient (Wildman–Crippen LogP) is 3.85. The minimum absolute atomic E-state index is 0.0332. The average molecular weight is 433 g/mol. The number of esters is 1. The van der Waals surface area contributed by atoms with E-state index in [0.29, 0.717) is 5.56 Å². The molecular formula is C23H19N3O4S. The maximum atomic E-state index is 13.3. The molecule has 4 rings (SSSR count). The highest BCUT2D eigenvalue weighted by molar-refractivity contribution is 7.90. The lowest BCUT2D eigenvalue weighted by molar-refractivity contribution is 0.0466. The van der Waals surface area contributed by atoms with Crippen LogP contribution in [0.5, 0.6) is 0 Å². The van der Waals surface area contributed by atoms with Crippen molar-refractivity contribution in [1.82, 2.24) is 14.4 Å². The van der Waals surface area contributed by atoms with Crippen LogP contribution in [-0.4, -0.2) is 28.8 Å². The summed E-state index contributed by atoms with van der Waals surface area (Å²) in [5.74, 6) is -0.756. The summed E-state index contributed by atoms with van der Waals surface area (Å²) in [5, 5.41) is 7.69. The van der Waals surface area contributed by atoms with Crippen molar-refractivity contribution in [2.45, 2.75) is 18.4 Å². The summed E-state index contributed by atoms with van der Waals surface area (Å²) < 4.78 is 32.7. The lowest BCUT2D eigenvalue weighted by Gasteiger charge is -2.10. The minimum atomic E-state index is -4.08. The number of hydrogen-bond donors (Lipinski definition) is 0. The number of aryl methyl sites for hydroxylation is 1. The lowest BCUT2D eigenvalue weighted by atomic mass is 10.1. The van der Waals surface area contributed by atoms with Crippen molar-refractivity contribution in [3.05, 3.63) is 102 Å². The van der Waals surface area contributed by atoms with E-state index < -0.39 is 16.0 Å². The van der Waals surface area contributed by atoms with Crippen LogP contribution in [0, 0.1) is 6.92 Å². The Labute approximate surface area is 180 Å². The van der Waals surface area contributed by atoms with E-state index in [0.717, 1.165) is 15.2 Å². The molecule has 0 aliphatic heterocycles. The summed E-state index contributed by atoms with van der Waals surface area (Å²) in [6.45, 7) is 1.90. The highest BCUT2D eigenvalue weighted by Gasteiger charge is 2.29. The predicted molar refractivity (Wildman–Crippen MR) is 115 cm³/mol. The Morgan fingerprint density at radius 3 is 2.16 bits per heavy atom. The smallest absolute Gasteiger partial charge is 0.361 e. The zero-order chi connectivity index (χ0) is 21.8. The molecule has 0 saturated carbocycles. The van der Waals surface area contributed by atoms with Crippen LogP contribution >= 0.6 is 0 Å². The van der Waals surface area contributed by atoms with E-state index in [1.807, 2.05) is 37.3 Å². The summed E-state index contributed by atoms with van der Waals surface area (Å²) in [6.07, 6.45) is 0. The number of carbonyl (C=O) groups is 1. The summed E-state index contributed by atoms with van der Waals surface area (Å²) >= 11 is 0. The highest BCUT2D eigenvalue weighted by Crippen LogP contribution is 2.27. The van der Waals surface area contributed by atoms with Gasteiger partial charge in [-0.05, 0) is 24.6 Å². The third-order valence-electron chi connectivity index (χ3n) is 4.64. The van der Waals surface area contributed by atoms with Crippen LogP contribution in [0.4, 0.5) is 0 Å². The summed E-state index contributed by atoms with van der Waals surface area (Å²) in [6, 6.07) is 24.2. The third kappa shape index (κ3) is 4.24. The van der Waals surface area contributed by atoms with Crippen molar-refractivity contribution < 1.29 is 17.9 Å². The van der Waals surface area contributed by atoms with Gasteiger partial charge >= 0.3 is 5.97 Å². The Bertz CT molecular complexity index is 1300. The van der Waals surface area contributed by atoms with Crippen LogP contribution in [0.15, 0.2) is 89.8 Å². The van der Waals surface area contributed by atoms with Crippen molar-refractivity contribution in [3.63, 3.8) is 0 Å². The van der Waals surface area contributed by atoms with Crippen molar-refractivity contribution in [3.8, 4) is 11.3 Å². The van der Waals surface area contributed by atoms with E-state index in [-0.39, 0.29) is 22.9 Å². The molecule has 1 heterocycles. The second-order valence-corrected chi connectivity index (χ2v) is 8.64. The van der Waals surface area contributed by atoms with E-state index in [9.17, 15) is 13.2 Å². The van der Waals surface area contributed by atoms with Gasteiger partial charge in [-0.2, -0.15) is 8.42 Å². The van der Waals surface area contributed by atoms with Crippen molar-refractivity contribution in [2.24, 2.45) is 0 Å². The molecular weight excluding hydrogens is 414 g/mol. The van der Waals surface area contributed by atoms with Gasteiger partial charge in [0.05, 0.1) is 4.90 Å². The van der Waals surface area contributed by atoms with Gasteiger partial charge in [0, 0.05) is 5.56 Å². The summed E-state index contributed by atoms with van der Waals surface area (Å²) in [5.41, 5.74) is 2.09. The SMILES string of the molecule is Cc1ccc(S(=O)(=O)n2nnc(C(=O)OCc3ccccc3)c2-c2ccccc2)cc1. The maximum Gasteiger partial charge on any atom is 0.361 e. The first kappa shape index (κ1) is 20.5. The number of hydrogen-bond acceptors (Lipinski definition) is 6. The van der Waals surface area contributed by atoms with Gasteiger partial charge in [0.1, 0.15) is 12.3 Å².